The summed E-state index contributed by atoms with van der Waals surface area (Å²) in [5, 5.41) is 2.81. The highest BCUT2D eigenvalue weighted by atomic mass is 16.2. The van der Waals surface area contributed by atoms with Crippen molar-refractivity contribution in [3.05, 3.63) is 59.9 Å². The molecule has 2 aromatic rings. The smallest absolute Gasteiger partial charge is 0.290 e. The Morgan fingerprint density at radius 3 is 2.50 bits per heavy atom. The molecule has 0 saturated heterocycles. The average Bonchev–Trinajstić information content (AvgIpc) is 2.49. The summed E-state index contributed by atoms with van der Waals surface area (Å²) in [5.74, 6) is -0.133. The quantitative estimate of drug-likeness (QED) is 0.658. The predicted molar refractivity (Wildman–Crippen MR) is 85.7 cm³/mol. The molecule has 0 aliphatic heterocycles. The molecule has 0 atom stereocenters. The molecule has 0 saturated carbocycles. The van der Waals surface area contributed by atoms with Gasteiger partial charge in [-0.3, -0.25) is 9.59 Å². The Balaban J connectivity index is 1.97. The fourth-order valence-electron chi connectivity index (χ4n) is 2.23. The number of carbonyl (C=O) groups excluding carboxylic acids is 2. The number of pyridine rings is 1. The first-order valence-electron chi connectivity index (χ1n) is 7.47. The molecule has 4 nitrogen and oxygen atoms in total. The number of Topliss-reactive ketones (excluding diaryl/α,β-unsaturated/α-hetero) is 1. The van der Waals surface area contributed by atoms with E-state index in [9.17, 15) is 9.59 Å². The van der Waals surface area contributed by atoms with Crippen LogP contribution in [-0.4, -0.2) is 11.7 Å². The molecule has 1 heterocycles. The molecule has 1 aromatic heterocycles. The zero-order valence-corrected chi connectivity index (χ0v) is 13.0. The summed E-state index contributed by atoms with van der Waals surface area (Å²) in [7, 11) is 0. The van der Waals surface area contributed by atoms with Gasteiger partial charge in [-0.05, 0) is 31.0 Å². The van der Waals surface area contributed by atoms with Crippen LogP contribution in [0.1, 0.15) is 36.2 Å². The topological polar surface area (TPSA) is 50.0 Å². The lowest BCUT2D eigenvalue weighted by molar-refractivity contribution is -0.684. The van der Waals surface area contributed by atoms with Crippen molar-refractivity contribution in [2.45, 2.75) is 33.2 Å². The van der Waals surface area contributed by atoms with E-state index in [-0.39, 0.29) is 18.2 Å². The van der Waals surface area contributed by atoms with Crippen LogP contribution in [0.25, 0.3) is 0 Å². The molecule has 0 radical (unpaired) electrons. The number of aryl methyl sites for hydroxylation is 1. The van der Waals surface area contributed by atoms with Crippen molar-refractivity contribution in [2.75, 3.05) is 5.32 Å². The Hall–Kier alpha value is -2.49. The van der Waals surface area contributed by atoms with Crippen molar-refractivity contribution in [2.24, 2.45) is 0 Å². The first-order chi connectivity index (χ1) is 10.6. The van der Waals surface area contributed by atoms with E-state index in [0.717, 1.165) is 12.8 Å². The number of amides is 1. The summed E-state index contributed by atoms with van der Waals surface area (Å²) in [5.41, 5.74) is 2.50. The fourth-order valence-corrected chi connectivity index (χ4v) is 2.23. The molecule has 22 heavy (non-hydrogen) atoms. The molecule has 0 aliphatic rings. The summed E-state index contributed by atoms with van der Waals surface area (Å²) in [6.07, 6.45) is 5.98. The van der Waals surface area contributed by atoms with E-state index in [0.29, 0.717) is 11.3 Å². The van der Waals surface area contributed by atoms with E-state index in [1.54, 1.807) is 24.3 Å². The van der Waals surface area contributed by atoms with Crippen molar-refractivity contribution in [1.29, 1.82) is 0 Å². The normalized spacial score (nSPS) is 10.3. The van der Waals surface area contributed by atoms with Crippen molar-refractivity contribution < 1.29 is 14.2 Å². The highest BCUT2D eigenvalue weighted by Gasteiger charge is 2.10. The van der Waals surface area contributed by atoms with Crippen LogP contribution >= 0.6 is 0 Å². The van der Waals surface area contributed by atoms with Gasteiger partial charge in [-0.25, -0.2) is 0 Å². The van der Waals surface area contributed by atoms with Crippen LogP contribution in [0.2, 0.25) is 0 Å². The Kier molecular flexibility index (Phi) is 5.42. The third-order valence-electron chi connectivity index (χ3n) is 3.38. The standard InChI is InChI=1S/C18H20N2O2/c1-3-5-15-8-10-20(11-9-15)13-18(22)19-17-7-4-6-16(12-17)14(2)21/h4,6-12H,3,5,13H2,1-2H3/p+1. The number of hydrogen-bond donors (Lipinski definition) is 1. The molecular weight excluding hydrogens is 276 g/mol. The summed E-state index contributed by atoms with van der Waals surface area (Å²) in [6.45, 7) is 3.90. The minimum atomic E-state index is -0.117. The van der Waals surface area contributed by atoms with E-state index in [2.05, 4.69) is 12.2 Å². The molecule has 2 rings (SSSR count). The van der Waals surface area contributed by atoms with Crippen LogP contribution in [0.4, 0.5) is 5.69 Å². The van der Waals surface area contributed by atoms with Gasteiger partial charge >= 0.3 is 0 Å². The number of anilines is 1. The van der Waals surface area contributed by atoms with E-state index in [1.165, 1.54) is 12.5 Å². The van der Waals surface area contributed by atoms with Crippen molar-refractivity contribution >= 4 is 17.4 Å². The van der Waals surface area contributed by atoms with Crippen LogP contribution in [0.15, 0.2) is 48.8 Å². The SMILES string of the molecule is CCCc1cc[n+](CC(=O)Nc2cccc(C(C)=O)c2)cc1. The Morgan fingerprint density at radius 1 is 1.14 bits per heavy atom. The first kappa shape index (κ1) is 15.9. The Morgan fingerprint density at radius 2 is 1.86 bits per heavy atom. The minimum Gasteiger partial charge on any atom is -0.321 e. The highest BCUT2D eigenvalue weighted by Crippen LogP contribution is 2.11. The number of nitrogens with zero attached hydrogens (tertiary/aromatic N) is 1. The fraction of sp³-hybridized carbons (Fsp3) is 0.278. The lowest BCUT2D eigenvalue weighted by atomic mass is 10.1. The van der Waals surface area contributed by atoms with Crippen LogP contribution in [0.5, 0.6) is 0 Å². The van der Waals surface area contributed by atoms with Gasteiger partial charge < -0.3 is 5.32 Å². The molecule has 114 valence electrons. The summed E-state index contributed by atoms with van der Waals surface area (Å²) in [4.78, 5) is 23.4. The van der Waals surface area contributed by atoms with Gasteiger partial charge in [0.25, 0.3) is 5.91 Å². The van der Waals surface area contributed by atoms with Crippen LogP contribution in [-0.2, 0) is 17.8 Å². The van der Waals surface area contributed by atoms with Gasteiger partial charge in [0.15, 0.2) is 18.2 Å². The van der Waals surface area contributed by atoms with Gasteiger partial charge in [-0.15, -0.1) is 0 Å². The zero-order chi connectivity index (χ0) is 15.9. The third-order valence-corrected chi connectivity index (χ3v) is 3.38. The Bertz CT molecular complexity index is 663. The minimum absolute atomic E-state index is 0.0167. The maximum atomic E-state index is 12.1. The predicted octanol–water partition coefficient (Wildman–Crippen LogP) is 2.77. The lowest BCUT2D eigenvalue weighted by Gasteiger charge is -2.05. The van der Waals surface area contributed by atoms with Gasteiger partial charge in [0.2, 0.25) is 6.54 Å². The number of nitrogens with one attached hydrogen (secondary N) is 1. The van der Waals surface area contributed by atoms with E-state index < -0.39 is 0 Å². The number of aromatic nitrogens is 1. The molecule has 1 amide bonds. The second-order valence-corrected chi connectivity index (χ2v) is 5.31. The van der Waals surface area contributed by atoms with Crippen LogP contribution in [0.3, 0.4) is 0 Å². The summed E-state index contributed by atoms with van der Waals surface area (Å²) >= 11 is 0. The number of carbonyl (C=O) groups is 2. The molecule has 0 unspecified atom stereocenters. The first-order valence-corrected chi connectivity index (χ1v) is 7.47. The monoisotopic (exact) mass is 297 g/mol. The van der Waals surface area contributed by atoms with Gasteiger partial charge in [-0.1, -0.05) is 25.5 Å². The lowest BCUT2D eigenvalue weighted by Crippen LogP contribution is -2.39. The maximum absolute atomic E-state index is 12.1. The summed E-state index contributed by atoms with van der Waals surface area (Å²) < 4.78 is 1.84. The second-order valence-electron chi connectivity index (χ2n) is 5.31. The van der Waals surface area contributed by atoms with E-state index in [1.807, 2.05) is 29.1 Å². The number of ketones is 1. The second kappa shape index (κ2) is 7.50. The van der Waals surface area contributed by atoms with Crippen LogP contribution < -0.4 is 9.88 Å². The molecule has 1 aromatic carbocycles. The molecule has 0 aliphatic carbocycles. The number of rotatable bonds is 6. The van der Waals surface area contributed by atoms with Gasteiger partial charge in [-0.2, -0.15) is 4.57 Å². The van der Waals surface area contributed by atoms with Gasteiger partial charge in [0.05, 0.1) is 0 Å². The molecule has 1 N–H and O–H groups in total. The summed E-state index contributed by atoms with van der Waals surface area (Å²) in [6, 6.07) is 11.0. The van der Waals surface area contributed by atoms with Crippen molar-refractivity contribution in [3.8, 4) is 0 Å². The Labute approximate surface area is 130 Å². The van der Waals surface area contributed by atoms with Crippen molar-refractivity contribution in [1.82, 2.24) is 0 Å². The third kappa shape index (κ3) is 4.52. The van der Waals surface area contributed by atoms with Gasteiger partial charge in [0, 0.05) is 23.4 Å². The van der Waals surface area contributed by atoms with Crippen LogP contribution in [0, 0.1) is 0 Å². The molecular formula is C18H21N2O2+. The van der Waals surface area contributed by atoms with E-state index in [4.69, 9.17) is 0 Å². The largest absolute Gasteiger partial charge is 0.321 e. The van der Waals surface area contributed by atoms with E-state index >= 15 is 0 Å². The zero-order valence-electron chi connectivity index (χ0n) is 13.0. The van der Waals surface area contributed by atoms with Crippen molar-refractivity contribution in [3.63, 3.8) is 0 Å². The highest BCUT2D eigenvalue weighted by molar-refractivity contribution is 5.96. The molecule has 0 bridgehead atoms. The number of benzene rings is 1. The molecule has 0 spiro atoms. The average molecular weight is 297 g/mol. The number of hydrogen-bond acceptors (Lipinski definition) is 2. The van der Waals surface area contributed by atoms with Gasteiger partial charge in [0.1, 0.15) is 0 Å². The molecule has 4 heteroatoms. The molecule has 0 fully saturated rings. The maximum Gasteiger partial charge on any atom is 0.290 e.